The molecule has 0 saturated carbocycles. The van der Waals surface area contributed by atoms with Gasteiger partial charge in [-0.05, 0) is 17.7 Å². The minimum atomic E-state index is -4.92. The minimum Gasteiger partial charge on any atom is -0.469 e. The van der Waals surface area contributed by atoms with Gasteiger partial charge in [-0.25, -0.2) is 0 Å². The molecule has 1 aromatic rings. The molecule has 102 valence electrons. The number of alkyl halides is 3. The molecule has 0 unspecified atom stereocenters. The van der Waals surface area contributed by atoms with Crippen molar-refractivity contribution in [2.75, 3.05) is 7.11 Å². The van der Waals surface area contributed by atoms with E-state index in [1.54, 1.807) is 6.07 Å². The number of methoxy groups -OCH3 is 1. The maximum atomic E-state index is 12.2. The van der Waals surface area contributed by atoms with Gasteiger partial charge in [-0.2, -0.15) is 5.26 Å². The highest BCUT2D eigenvalue weighted by Gasteiger charge is 2.33. The third-order valence-corrected chi connectivity index (χ3v) is 2.51. The van der Waals surface area contributed by atoms with Crippen LogP contribution in [0.15, 0.2) is 16.6 Å². The van der Waals surface area contributed by atoms with Crippen molar-refractivity contribution in [1.29, 1.82) is 5.26 Å². The molecule has 0 aliphatic rings. The summed E-state index contributed by atoms with van der Waals surface area (Å²) in [6, 6.07) is 3.96. The van der Waals surface area contributed by atoms with Crippen LogP contribution < -0.4 is 4.74 Å². The Hall–Kier alpha value is -1.75. The Morgan fingerprint density at radius 1 is 1.47 bits per heavy atom. The van der Waals surface area contributed by atoms with Crippen LogP contribution in [0.25, 0.3) is 0 Å². The molecule has 1 aromatic carbocycles. The standard InChI is InChI=1S/C11H7BrF3NO3/c1-18-10(17)3-6-2-7(12)4-9(8(6)5-16)19-11(13,14)15/h2,4H,3H2,1H3. The molecule has 0 fully saturated rings. The number of hydrogen-bond acceptors (Lipinski definition) is 4. The van der Waals surface area contributed by atoms with Gasteiger partial charge in [-0.1, -0.05) is 15.9 Å². The average molecular weight is 338 g/mol. The zero-order chi connectivity index (χ0) is 14.6. The first-order valence-corrected chi connectivity index (χ1v) is 5.61. The van der Waals surface area contributed by atoms with Gasteiger partial charge in [0.15, 0.2) is 0 Å². The lowest BCUT2D eigenvalue weighted by Gasteiger charge is -2.13. The zero-order valence-electron chi connectivity index (χ0n) is 9.55. The van der Waals surface area contributed by atoms with Crippen molar-refractivity contribution in [3.05, 3.63) is 27.7 Å². The van der Waals surface area contributed by atoms with E-state index < -0.39 is 18.1 Å². The predicted molar refractivity (Wildman–Crippen MR) is 61.3 cm³/mol. The first-order chi connectivity index (χ1) is 8.76. The Bertz CT molecular complexity index is 537. The third kappa shape index (κ3) is 4.44. The summed E-state index contributed by atoms with van der Waals surface area (Å²) in [6.07, 6.45) is -5.25. The summed E-state index contributed by atoms with van der Waals surface area (Å²) >= 11 is 2.99. The number of ether oxygens (including phenoxy) is 2. The molecule has 0 amide bonds. The number of hydrogen-bond donors (Lipinski definition) is 0. The van der Waals surface area contributed by atoms with Gasteiger partial charge >= 0.3 is 12.3 Å². The highest BCUT2D eigenvalue weighted by molar-refractivity contribution is 9.10. The van der Waals surface area contributed by atoms with Crippen LogP contribution in [-0.2, 0) is 16.0 Å². The van der Waals surface area contributed by atoms with Crippen molar-refractivity contribution >= 4 is 21.9 Å². The van der Waals surface area contributed by atoms with Gasteiger partial charge in [0.05, 0.1) is 19.1 Å². The molecule has 0 heterocycles. The Balaban J connectivity index is 3.25. The van der Waals surface area contributed by atoms with Gasteiger partial charge in [-0.15, -0.1) is 13.2 Å². The minimum absolute atomic E-state index is 0.0861. The lowest BCUT2D eigenvalue weighted by Crippen LogP contribution is -2.18. The normalized spacial score (nSPS) is 10.7. The fraction of sp³-hybridized carbons (Fsp3) is 0.273. The van der Waals surface area contributed by atoms with E-state index in [0.717, 1.165) is 13.2 Å². The maximum absolute atomic E-state index is 12.2. The summed E-state index contributed by atoms with van der Waals surface area (Å²) in [7, 11) is 1.14. The lowest BCUT2D eigenvalue weighted by atomic mass is 10.0. The Morgan fingerprint density at radius 2 is 2.11 bits per heavy atom. The molecule has 4 nitrogen and oxygen atoms in total. The molecular weight excluding hydrogens is 331 g/mol. The topological polar surface area (TPSA) is 59.3 Å². The molecule has 0 atom stereocenters. The van der Waals surface area contributed by atoms with Crippen LogP contribution in [0.3, 0.4) is 0 Å². The smallest absolute Gasteiger partial charge is 0.469 e. The second-order valence-corrected chi connectivity index (χ2v) is 4.27. The van der Waals surface area contributed by atoms with E-state index >= 15 is 0 Å². The summed E-state index contributed by atoms with van der Waals surface area (Å²) in [4.78, 5) is 11.1. The monoisotopic (exact) mass is 337 g/mol. The average Bonchev–Trinajstić information content (AvgIpc) is 2.26. The van der Waals surface area contributed by atoms with Gasteiger partial charge in [0.1, 0.15) is 11.8 Å². The van der Waals surface area contributed by atoms with Crippen molar-refractivity contribution in [3.63, 3.8) is 0 Å². The van der Waals surface area contributed by atoms with Crippen molar-refractivity contribution in [3.8, 4) is 11.8 Å². The van der Waals surface area contributed by atoms with Gasteiger partial charge in [0.25, 0.3) is 0 Å². The highest BCUT2D eigenvalue weighted by Crippen LogP contribution is 2.32. The number of carbonyl (C=O) groups excluding carboxylic acids is 1. The van der Waals surface area contributed by atoms with Gasteiger partial charge in [0.2, 0.25) is 0 Å². The van der Waals surface area contributed by atoms with Crippen LogP contribution in [-0.4, -0.2) is 19.4 Å². The van der Waals surface area contributed by atoms with E-state index in [2.05, 4.69) is 25.4 Å². The van der Waals surface area contributed by atoms with Crippen molar-refractivity contribution in [2.24, 2.45) is 0 Å². The van der Waals surface area contributed by atoms with Crippen LogP contribution in [0.1, 0.15) is 11.1 Å². The molecular formula is C11H7BrF3NO3. The van der Waals surface area contributed by atoms with E-state index in [-0.39, 0.29) is 22.0 Å². The van der Waals surface area contributed by atoms with Crippen LogP contribution in [0, 0.1) is 11.3 Å². The van der Waals surface area contributed by atoms with Crippen molar-refractivity contribution in [1.82, 2.24) is 0 Å². The fourth-order valence-electron chi connectivity index (χ4n) is 1.34. The van der Waals surface area contributed by atoms with Gasteiger partial charge in [0, 0.05) is 4.47 Å². The lowest BCUT2D eigenvalue weighted by molar-refractivity contribution is -0.274. The van der Waals surface area contributed by atoms with E-state index in [1.165, 1.54) is 6.07 Å². The summed E-state index contributed by atoms with van der Waals surface area (Å²) in [5.74, 6) is -1.34. The number of nitriles is 1. The first kappa shape index (κ1) is 15.3. The molecule has 0 aliphatic heterocycles. The molecule has 0 aromatic heterocycles. The number of halogens is 4. The van der Waals surface area contributed by atoms with Crippen LogP contribution in [0.4, 0.5) is 13.2 Å². The number of nitrogens with zero attached hydrogens (tertiary/aromatic N) is 1. The predicted octanol–water partition coefficient (Wildman–Crippen LogP) is 2.93. The van der Waals surface area contributed by atoms with E-state index in [1.807, 2.05) is 0 Å². The molecule has 19 heavy (non-hydrogen) atoms. The summed E-state index contributed by atoms with van der Waals surface area (Å²) < 4.78 is 45.1. The number of carbonyl (C=O) groups is 1. The summed E-state index contributed by atoms with van der Waals surface area (Å²) in [5, 5.41) is 8.91. The summed E-state index contributed by atoms with van der Waals surface area (Å²) in [6.45, 7) is 0. The maximum Gasteiger partial charge on any atom is 0.573 e. The molecule has 0 saturated heterocycles. The molecule has 0 N–H and O–H groups in total. The van der Waals surface area contributed by atoms with Crippen molar-refractivity contribution < 1.29 is 27.4 Å². The molecule has 0 bridgehead atoms. The highest BCUT2D eigenvalue weighted by atomic mass is 79.9. The van der Waals surface area contributed by atoms with E-state index in [0.29, 0.717) is 0 Å². The Morgan fingerprint density at radius 3 is 2.58 bits per heavy atom. The zero-order valence-corrected chi connectivity index (χ0v) is 11.1. The van der Waals surface area contributed by atoms with E-state index in [9.17, 15) is 18.0 Å². The third-order valence-electron chi connectivity index (χ3n) is 2.05. The van der Waals surface area contributed by atoms with Crippen LogP contribution in [0.5, 0.6) is 5.75 Å². The van der Waals surface area contributed by atoms with Gasteiger partial charge < -0.3 is 9.47 Å². The van der Waals surface area contributed by atoms with Gasteiger partial charge in [-0.3, -0.25) is 4.79 Å². The van der Waals surface area contributed by atoms with Crippen LogP contribution >= 0.6 is 15.9 Å². The Kier molecular flexibility index (Phi) is 4.78. The van der Waals surface area contributed by atoms with Crippen molar-refractivity contribution in [2.45, 2.75) is 12.8 Å². The molecule has 1 rings (SSSR count). The number of esters is 1. The number of benzene rings is 1. The number of rotatable bonds is 3. The first-order valence-electron chi connectivity index (χ1n) is 4.82. The molecule has 0 radical (unpaired) electrons. The Labute approximate surface area is 114 Å². The molecule has 0 spiro atoms. The molecule has 0 aliphatic carbocycles. The fourth-order valence-corrected chi connectivity index (χ4v) is 1.82. The van der Waals surface area contributed by atoms with Crippen LogP contribution in [0.2, 0.25) is 0 Å². The molecule has 8 heteroatoms. The summed E-state index contributed by atoms with van der Waals surface area (Å²) in [5.41, 5.74) is -0.270. The second-order valence-electron chi connectivity index (χ2n) is 3.35. The second kappa shape index (κ2) is 5.93. The SMILES string of the molecule is COC(=O)Cc1cc(Br)cc(OC(F)(F)F)c1C#N. The quantitative estimate of drug-likeness (QED) is 0.795. The largest absolute Gasteiger partial charge is 0.573 e. The van der Waals surface area contributed by atoms with E-state index in [4.69, 9.17) is 5.26 Å².